The molecule has 80 valence electrons. The summed E-state index contributed by atoms with van der Waals surface area (Å²) in [6.45, 7) is 9.19. The predicted molar refractivity (Wildman–Crippen MR) is 57.9 cm³/mol. The molecule has 0 unspecified atom stereocenters. The fourth-order valence-electron chi connectivity index (χ4n) is 1.42. The van der Waals surface area contributed by atoms with Gasteiger partial charge in [0.15, 0.2) is 0 Å². The van der Waals surface area contributed by atoms with Crippen LogP contribution in [0.3, 0.4) is 0 Å². The van der Waals surface area contributed by atoms with Gasteiger partial charge in [0, 0.05) is 6.61 Å². The highest BCUT2D eigenvalue weighted by Gasteiger charge is 2.15. The molecule has 0 saturated heterocycles. The van der Waals surface area contributed by atoms with E-state index in [-0.39, 0.29) is 0 Å². The number of aliphatic hydroxyl groups is 1. The second-order valence-electron chi connectivity index (χ2n) is 4.49. The van der Waals surface area contributed by atoms with E-state index in [4.69, 9.17) is 5.11 Å². The topological polar surface area (TPSA) is 32.3 Å². The molecule has 2 nitrogen and oxygen atoms in total. The van der Waals surface area contributed by atoms with E-state index < -0.39 is 0 Å². The van der Waals surface area contributed by atoms with E-state index in [1.165, 1.54) is 19.3 Å². The summed E-state index contributed by atoms with van der Waals surface area (Å²) in [5, 5.41) is 12.2. The highest BCUT2D eigenvalue weighted by molar-refractivity contribution is 4.68. The molecule has 0 aliphatic carbocycles. The molecule has 0 saturated carbocycles. The summed E-state index contributed by atoms with van der Waals surface area (Å²) in [5.74, 6) is 0. The minimum atomic E-state index is 0.308. The van der Waals surface area contributed by atoms with Crippen LogP contribution in [0.1, 0.15) is 46.5 Å². The Bertz CT molecular complexity index is 113. The summed E-state index contributed by atoms with van der Waals surface area (Å²) in [6, 6.07) is 0. The monoisotopic (exact) mass is 187 g/mol. The van der Waals surface area contributed by atoms with Gasteiger partial charge in [-0.25, -0.2) is 0 Å². The maximum Gasteiger partial charge on any atom is 0.0436 e. The highest BCUT2D eigenvalue weighted by atomic mass is 16.3. The summed E-state index contributed by atoms with van der Waals surface area (Å²) in [6.07, 6.45) is 4.54. The van der Waals surface area contributed by atoms with Crippen molar-refractivity contribution in [1.82, 2.24) is 5.32 Å². The molecule has 0 rings (SSSR count). The maximum absolute atomic E-state index is 8.83. The average molecular weight is 187 g/mol. The molecular weight excluding hydrogens is 162 g/mol. The minimum absolute atomic E-state index is 0.308. The quantitative estimate of drug-likeness (QED) is 0.571. The van der Waals surface area contributed by atoms with Crippen LogP contribution in [0.25, 0.3) is 0 Å². The number of hydrogen-bond acceptors (Lipinski definition) is 2. The van der Waals surface area contributed by atoms with Crippen molar-refractivity contribution >= 4 is 0 Å². The van der Waals surface area contributed by atoms with E-state index in [1.54, 1.807) is 0 Å². The molecule has 0 heterocycles. The molecule has 0 amide bonds. The molecule has 0 aromatic heterocycles. The van der Waals surface area contributed by atoms with Gasteiger partial charge < -0.3 is 10.4 Å². The molecule has 0 radical (unpaired) electrons. The van der Waals surface area contributed by atoms with Crippen LogP contribution in [0.5, 0.6) is 0 Å². The van der Waals surface area contributed by atoms with Crippen molar-refractivity contribution in [2.24, 2.45) is 5.41 Å². The Morgan fingerprint density at radius 3 is 2.38 bits per heavy atom. The van der Waals surface area contributed by atoms with E-state index in [0.717, 1.165) is 19.5 Å². The predicted octanol–water partition coefficient (Wildman–Crippen LogP) is 2.17. The summed E-state index contributed by atoms with van der Waals surface area (Å²) in [5.41, 5.74) is 0.308. The maximum atomic E-state index is 8.83. The number of aliphatic hydroxyl groups excluding tert-OH is 1. The smallest absolute Gasteiger partial charge is 0.0436 e. The first-order valence-electron chi connectivity index (χ1n) is 5.44. The lowest BCUT2D eigenvalue weighted by atomic mass is 9.85. The van der Waals surface area contributed by atoms with Gasteiger partial charge in [0.25, 0.3) is 0 Å². The lowest BCUT2D eigenvalue weighted by molar-refractivity contribution is 0.199. The number of nitrogens with one attached hydrogen (secondary N) is 1. The molecule has 0 bridgehead atoms. The van der Waals surface area contributed by atoms with Gasteiger partial charge in [-0.2, -0.15) is 0 Å². The van der Waals surface area contributed by atoms with Crippen molar-refractivity contribution in [2.75, 3.05) is 19.7 Å². The first-order chi connectivity index (χ1) is 6.12. The number of rotatable bonds is 8. The summed E-state index contributed by atoms with van der Waals surface area (Å²) >= 11 is 0. The lowest BCUT2D eigenvalue weighted by Crippen LogP contribution is -2.20. The Labute approximate surface area is 82.7 Å². The second kappa shape index (κ2) is 7.34. The second-order valence-corrected chi connectivity index (χ2v) is 4.49. The Balaban J connectivity index is 3.29. The van der Waals surface area contributed by atoms with E-state index in [2.05, 4.69) is 26.1 Å². The van der Waals surface area contributed by atoms with E-state index in [1.807, 2.05) is 0 Å². The van der Waals surface area contributed by atoms with Crippen molar-refractivity contribution in [1.29, 1.82) is 0 Å². The third kappa shape index (κ3) is 8.26. The molecule has 0 atom stereocenters. The first kappa shape index (κ1) is 12.9. The zero-order chi connectivity index (χ0) is 10.2. The molecule has 2 N–H and O–H groups in total. The molecule has 0 aliphatic rings. The largest absolute Gasteiger partial charge is 0.396 e. The van der Waals surface area contributed by atoms with E-state index in [0.29, 0.717) is 12.0 Å². The van der Waals surface area contributed by atoms with Crippen LogP contribution in [0, 0.1) is 5.41 Å². The minimum Gasteiger partial charge on any atom is -0.396 e. The van der Waals surface area contributed by atoms with Crippen molar-refractivity contribution in [2.45, 2.75) is 46.5 Å². The van der Waals surface area contributed by atoms with Crippen molar-refractivity contribution in [3.05, 3.63) is 0 Å². The van der Waals surface area contributed by atoms with E-state index >= 15 is 0 Å². The van der Waals surface area contributed by atoms with Crippen LogP contribution in [0.2, 0.25) is 0 Å². The Morgan fingerprint density at radius 2 is 1.85 bits per heavy atom. The summed E-state index contributed by atoms with van der Waals surface area (Å²) in [7, 11) is 0. The molecule has 0 aromatic carbocycles. The fourth-order valence-corrected chi connectivity index (χ4v) is 1.42. The van der Waals surface area contributed by atoms with Crippen LogP contribution >= 0.6 is 0 Å². The lowest BCUT2D eigenvalue weighted by Gasteiger charge is -2.23. The van der Waals surface area contributed by atoms with Gasteiger partial charge >= 0.3 is 0 Å². The van der Waals surface area contributed by atoms with Crippen molar-refractivity contribution in [3.8, 4) is 0 Å². The van der Waals surface area contributed by atoms with Crippen LogP contribution < -0.4 is 5.32 Å². The van der Waals surface area contributed by atoms with Crippen LogP contribution in [-0.4, -0.2) is 24.8 Å². The Kier molecular flexibility index (Phi) is 7.29. The highest BCUT2D eigenvalue weighted by Crippen LogP contribution is 2.25. The van der Waals surface area contributed by atoms with Crippen molar-refractivity contribution < 1.29 is 5.11 Å². The Morgan fingerprint density at radius 1 is 1.15 bits per heavy atom. The van der Waals surface area contributed by atoms with Gasteiger partial charge in [-0.15, -0.1) is 0 Å². The average Bonchev–Trinajstić information content (AvgIpc) is 2.04. The standard InChI is InChI=1S/C11H25NO/c1-4-8-12-9-5-6-11(2,3)7-10-13/h12-13H,4-10H2,1-3H3. The molecule has 13 heavy (non-hydrogen) atoms. The summed E-state index contributed by atoms with van der Waals surface area (Å²) in [4.78, 5) is 0. The normalized spacial score (nSPS) is 12.0. The van der Waals surface area contributed by atoms with Gasteiger partial charge in [0.2, 0.25) is 0 Å². The molecule has 0 aromatic rings. The van der Waals surface area contributed by atoms with Gasteiger partial charge in [-0.05, 0) is 44.2 Å². The molecule has 0 aliphatic heterocycles. The van der Waals surface area contributed by atoms with Gasteiger partial charge in [-0.1, -0.05) is 20.8 Å². The number of hydrogen-bond donors (Lipinski definition) is 2. The van der Waals surface area contributed by atoms with Crippen molar-refractivity contribution in [3.63, 3.8) is 0 Å². The zero-order valence-corrected chi connectivity index (χ0v) is 9.40. The van der Waals surface area contributed by atoms with Crippen LogP contribution in [-0.2, 0) is 0 Å². The first-order valence-corrected chi connectivity index (χ1v) is 5.44. The van der Waals surface area contributed by atoms with E-state index in [9.17, 15) is 0 Å². The van der Waals surface area contributed by atoms with Crippen LogP contribution in [0.15, 0.2) is 0 Å². The van der Waals surface area contributed by atoms with Gasteiger partial charge in [0.05, 0.1) is 0 Å². The molecule has 0 fully saturated rings. The third-order valence-electron chi connectivity index (χ3n) is 2.42. The van der Waals surface area contributed by atoms with Crippen LogP contribution in [0.4, 0.5) is 0 Å². The summed E-state index contributed by atoms with van der Waals surface area (Å²) < 4.78 is 0. The molecule has 2 heteroatoms. The third-order valence-corrected chi connectivity index (χ3v) is 2.42. The zero-order valence-electron chi connectivity index (χ0n) is 9.40. The fraction of sp³-hybridized carbons (Fsp3) is 1.00. The van der Waals surface area contributed by atoms with Gasteiger partial charge in [-0.3, -0.25) is 0 Å². The van der Waals surface area contributed by atoms with Gasteiger partial charge in [0.1, 0.15) is 0 Å². The molecule has 0 spiro atoms. The Hall–Kier alpha value is -0.0800. The molecular formula is C11H25NO. The SMILES string of the molecule is CCCNCCCC(C)(C)CCO.